The predicted octanol–water partition coefficient (Wildman–Crippen LogP) is 3.85. The topological polar surface area (TPSA) is 38.1 Å². The second kappa shape index (κ2) is 6.73. The number of hydrogen-bond acceptors (Lipinski definition) is 3. The van der Waals surface area contributed by atoms with Crippen molar-refractivity contribution in [1.82, 2.24) is 10.3 Å². The molecule has 19 heavy (non-hydrogen) atoms. The fraction of sp³-hybridized carbons (Fsp3) is 0.400. The van der Waals surface area contributed by atoms with Crippen LogP contribution in [0.4, 0.5) is 0 Å². The maximum Gasteiger partial charge on any atom is 0.196 e. The number of nitrogens with zero attached hydrogens (tertiary/aromatic N) is 1. The molecule has 0 saturated carbocycles. The Hall–Kier alpha value is -1.32. The number of halogens is 1. The van der Waals surface area contributed by atoms with Crippen LogP contribution in [0.3, 0.4) is 0 Å². The minimum atomic E-state index is 0.731. The maximum atomic E-state index is 6.28. The normalized spacial score (nSPS) is 10.9. The van der Waals surface area contributed by atoms with Crippen molar-refractivity contribution in [2.75, 3.05) is 13.1 Å². The summed E-state index contributed by atoms with van der Waals surface area (Å²) in [5, 5.41) is 4.06. The largest absolute Gasteiger partial charge is 0.441 e. The highest BCUT2D eigenvalue weighted by atomic mass is 35.5. The smallest absolute Gasteiger partial charge is 0.196 e. The summed E-state index contributed by atoms with van der Waals surface area (Å²) in [4.78, 5) is 4.30. The van der Waals surface area contributed by atoms with Gasteiger partial charge in [0, 0.05) is 18.5 Å². The van der Waals surface area contributed by atoms with E-state index in [1.54, 1.807) is 6.20 Å². The van der Waals surface area contributed by atoms with E-state index in [4.69, 9.17) is 16.0 Å². The summed E-state index contributed by atoms with van der Waals surface area (Å²) >= 11 is 6.28. The molecule has 0 bridgehead atoms. The van der Waals surface area contributed by atoms with Crippen LogP contribution in [0.25, 0.3) is 11.3 Å². The Morgan fingerprint density at radius 3 is 2.95 bits per heavy atom. The Labute approximate surface area is 119 Å². The zero-order chi connectivity index (χ0) is 13.7. The van der Waals surface area contributed by atoms with Crippen molar-refractivity contribution in [1.29, 1.82) is 0 Å². The number of hydrogen-bond donors (Lipinski definition) is 1. The van der Waals surface area contributed by atoms with Crippen molar-refractivity contribution in [2.45, 2.75) is 26.7 Å². The summed E-state index contributed by atoms with van der Waals surface area (Å²) in [6, 6.07) is 5.91. The molecule has 0 aliphatic heterocycles. The van der Waals surface area contributed by atoms with E-state index in [9.17, 15) is 0 Å². The fourth-order valence-corrected chi connectivity index (χ4v) is 2.10. The summed E-state index contributed by atoms with van der Waals surface area (Å²) in [6.45, 7) is 6.04. The summed E-state index contributed by atoms with van der Waals surface area (Å²) < 4.78 is 5.75. The SMILES string of the molecule is CCCNCCc1ncc(-c2cccc(C)c2Cl)o1. The molecule has 0 atom stereocenters. The van der Waals surface area contributed by atoms with Crippen molar-refractivity contribution >= 4 is 11.6 Å². The van der Waals surface area contributed by atoms with Gasteiger partial charge < -0.3 is 9.73 Å². The Bertz CT molecular complexity index is 537. The van der Waals surface area contributed by atoms with Crippen LogP contribution in [0.5, 0.6) is 0 Å². The van der Waals surface area contributed by atoms with Crippen molar-refractivity contribution in [2.24, 2.45) is 0 Å². The van der Waals surface area contributed by atoms with Gasteiger partial charge in [0.25, 0.3) is 0 Å². The van der Waals surface area contributed by atoms with Crippen LogP contribution < -0.4 is 5.32 Å². The third-order valence-electron chi connectivity index (χ3n) is 2.95. The Balaban J connectivity index is 2.06. The second-order valence-electron chi connectivity index (χ2n) is 4.55. The van der Waals surface area contributed by atoms with Gasteiger partial charge in [-0.25, -0.2) is 4.98 Å². The van der Waals surface area contributed by atoms with Gasteiger partial charge in [0.15, 0.2) is 11.7 Å². The zero-order valence-corrected chi connectivity index (χ0v) is 12.1. The van der Waals surface area contributed by atoms with E-state index < -0.39 is 0 Å². The number of benzene rings is 1. The molecule has 0 aliphatic rings. The summed E-state index contributed by atoms with van der Waals surface area (Å²) in [5.74, 6) is 1.48. The van der Waals surface area contributed by atoms with Crippen molar-refractivity contribution < 1.29 is 4.42 Å². The Morgan fingerprint density at radius 1 is 1.32 bits per heavy atom. The lowest BCUT2D eigenvalue weighted by atomic mass is 10.1. The van der Waals surface area contributed by atoms with Crippen LogP contribution in [-0.4, -0.2) is 18.1 Å². The second-order valence-corrected chi connectivity index (χ2v) is 4.93. The van der Waals surface area contributed by atoms with E-state index >= 15 is 0 Å². The van der Waals surface area contributed by atoms with Gasteiger partial charge in [-0.05, 0) is 31.5 Å². The molecule has 102 valence electrons. The van der Waals surface area contributed by atoms with Gasteiger partial charge in [-0.1, -0.05) is 30.7 Å². The Morgan fingerprint density at radius 2 is 2.16 bits per heavy atom. The Kier molecular flexibility index (Phi) is 5.00. The van der Waals surface area contributed by atoms with Crippen LogP contribution in [0.15, 0.2) is 28.8 Å². The summed E-state index contributed by atoms with van der Waals surface area (Å²) in [5.41, 5.74) is 1.95. The number of nitrogens with one attached hydrogen (secondary N) is 1. The fourth-order valence-electron chi connectivity index (χ4n) is 1.89. The molecule has 0 radical (unpaired) electrons. The summed E-state index contributed by atoms with van der Waals surface area (Å²) in [6.07, 6.45) is 3.68. The first kappa shape index (κ1) is 14.1. The molecule has 0 unspecified atom stereocenters. The van der Waals surface area contributed by atoms with Gasteiger partial charge in [0.05, 0.1) is 11.2 Å². The lowest BCUT2D eigenvalue weighted by Crippen LogP contribution is -2.17. The number of oxazole rings is 1. The third kappa shape index (κ3) is 3.58. The highest BCUT2D eigenvalue weighted by Crippen LogP contribution is 2.30. The summed E-state index contributed by atoms with van der Waals surface area (Å²) in [7, 11) is 0. The molecular formula is C15H19ClN2O. The standard InChI is InChI=1S/C15H19ClN2O/c1-3-8-17-9-7-14-18-10-13(19-14)12-6-4-5-11(2)15(12)16/h4-6,10,17H,3,7-9H2,1-2H3. The van der Waals surface area contributed by atoms with Crippen molar-refractivity contribution in [3.8, 4) is 11.3 Å². The highest BCUT2D eigenvalue weighted by Gasteiger charge is 2.10. The lowest BCUT2D eigenvalue weighted by Gasteiger charge is -2.03. The lowest BCUT2D eigenvalue weighted by molar-refractivity contribution is 0.495. The van der Waals surface area contributed by atoms with Crippen LogP contribution in [-0.2, 0) is 6.42 Å². The molecule has 2 aromatic rings. The van der Waals surface area contributed by atoms with Gasteiger partial charge in [-0.15, -0.1) is 0 Å². The van der Waals surface area contributed by atoms with Crippen molar-refractivity contribution in [3.63, 3.8) is 0 Å². The van der Waals surface area contributed by atoms with Crippen LogP contribution in [0, 0.1) is 6.92 Å². The predicted molar refractivity (Wildman–Crippen MR) is 78.6 cm³/mol. The first-order chi connectivity index (χ1) is 9.22. The molecule has 0 fully saturated rings. The molecule has 1 heterocycles. The molecule has 0 aliphatic carbocycles. The average Bonchev–Trinajstić information content (AvgIpc) is 2.87. The molecule has 1 aromatic heterocycles. The monoisotopic (exact) mass is 278 g/mol. The van der Waals surface area contributed by atoms with E-state index in [2.05, 4.69) is 17.2 Å². The quantitative estimate of drug-likeness (QED) is 0.816. The molecule has 4 heteroatoms. The molecule has 0 spiro atoms. The van der Waals surface area contributed by atoms with Crippen molar-refractivity contribution in [3.05, 3.63) is 40.9 Å². The van der Waals surface area contributed by atoms with E-state index in [-0.39, 0.29) is 0 Å². The molecule has 1 aromatic carbocycles. The molecule has 1 N–H and O–H groups in total. The van der Waals surface area contributed by atoms with Gasteiger partial charge >= 0.3 is 0 Å². The van der Waals surface area contributed by atoms with E-state index in [1.165, 1.54) is 0 Å². The number of rotatable bonds is 6. The van der Waals surface area contributed by atoms with Gasteiger partial charge in [0.2, 0.25) is 0 Å². The third-order valence-corrected chi connectivity index (χ3v) is 3.45. The molecular weight excluding hydrogens is 260 g/mol. The van der Waals surface area contributed by atoms with Gasteiger partial charge in [-0.2, -0.15) is 0 Å². The molecule has 2 rings (SSSR count). The van der Waals surface area contributed by atoms with Crippen LogP contribution >= 0.6 is 11.6 Å². The van der Waals surface area contributed by atoms with E-state index in [0.717, 1.165) is 53.7 Å². The maximum absolute atomic E-state index is 6.28. The van der Waals surface area contributed by atoms with E-state index in [0.29, 0.717) is 0 Å². The first-order valence-electron chi connectivity index (χ1n) is 6.63. The first-order valence-corrected chi connectivity index (χ1v) is 7.01. The van der Waals surface area contributed by atoms with Gasteiger partial charge in [-0.3, -0.25) is 0 Å². The molecule has 0 amide bonds. The molecule has 3 nitrogen and oxygen atoms in total. The van der Waals surface area contributed by atoms with Gasteiger partial charge in [0.1, 0.15) is 0 Å². The van der Waals surface area contributed by atoms with Crippen LogP contribution in [0.1, 0.15) is 24.8 Å². The number of aromatic nitrogens is 1. The highest BCUT2D eigenvalue weighted by molar-refractivity contribution is 6.33. The molecule has 0 saturated heterocycles. The average molecular weight is 279 g/mol. The van der Waals surface area contributed by atoms with E-state index in [1.807, 2.05) is 25.1 Å². The number of aryl methyl sites for hydroxylation is 1. The minimum absolute atomic E-state index is 0.731. The zero-order valence-electron chi connectivity index (χ0n) is 11.4. The van der Waals surface area contributed by atoms with Crippen LogP contribution in [0.2, 0.25) is 5.02 Å². The minimum Gasteiger partial charge on any atom is -0.441 e.